The molecule has 1 aromatic rings. The second-order valence-electron chi connectivity index (χ2n) is 3.03. The molecule has 1 rings (SSSR count). The van der Waals surface area contributed by atoms with E-state index < -0.39 is 0 Å². The maximum absolute atomic E-state index is 11.2. The number of carbonyl (C=O) groups excluding carboxylic acids is 1. The minimum absolute atomic E-state index is 0.121. The summed E-state index contributed by atoms with van der Waals surface area (Å²) in [6.45, 7) is 2.08. The van der Waals surface area contributed by atoms with Crippen LogP contribution in [0.5, 0.6) is 0 Å². The van der Waals surface area contributed by atoms with Crippen molar-refractivity contribution in [3.05, 3.63) is 32.8 Å². The van der Waals surface area contributed by atoms with Gasteiger partial charge >= 0.3 is 5.97 Å². The first-order chi connectivity index (χ1) is 7.58. The highest BCUT2D eigenvalue weighted by Crippen LogP contribution is 2.27. The first-order valence-electron chi connectivity index (χ1n) is 4.62. The van der Waals surface area contributed by atoms with E-state index in [1.807, 2.05) is 6.07 Å². The second kappa shape index (κ2) is 5.88. The van der Waals surface area contributed by atoms with Crippen molar-refractivity contribution in [1.29, 1.82) is 5.26 Å². The number of carbonyl (C=O) groups is 1. The number of rotatable bonds is 3. The van der Waals surface area contributed by atoms with Crippen LogP contribution >= 0.6 is 27.5 Å². The van der Waals surface area contributed by atoms with E-state index in [0.717, 1.165) is 0 Å². The lowest BCUT2D eigenvalue weighted by Gasteiger charge is -2.05. The topological polar surface area (TPSA) is 50.1 Å². The summed E-state index contributed by atoms with van der Waals surface area (Å²) < 4.78 is 5.36. The van der Waals surface area contributed by atoms with E-state index in [9.17, 15) is 4.79 Å². The molecule has 0 aliphatic heterocycles. The molecular formula is C11H9BrClNO2. The average molecular weight is 303 g/mol. The standard InChI is InChI=1S/C11H9BrClNO2/c1-2-16-10(15)5-7-3-8(6-14)11(12)9(13)4-7/h3-4H,2,5H2,1H3. The third-order valence-corrected chi connectivity index (χ3v) is 3.24. The van der Waals surface area contributed by atoms with Gasteiger partial charge in [-0.2, -0.15) is 5.26 Å². The van der Waals surface area contributed by atoms with Gasteiger partial charge in [-0.05, 0) is 40.5 Å². The predicted octanol–water partition coefficient (Wildman–Crippen LogP) is 3.08. The summed E-state index contributed by atoms with van der Waals surface area (Å²) in [5, 5.41) is 9.27. The van der Waals surface area contributed by atoms with Gasteiger partial charge in [-0.1, -0.05) is 11.6 Å². The lowest BCUT2D eigenvalue weighted by Crippen LogP contribution is -2.07. The Hall–Kier alpha value is -1.05. The zero-order chi connectivity index (χ0) is 12.1. The highest BCUT2D eigenvalue weighted by Gasteiger charge is 2.10. The normalized spacial score (nSPS) is 9.62. The largest absolute Gasteiger partial charge is 0.466 e. The SMILES string of the molecule is CCOC(=O)Cc1cc(Cl)c(Br)c(C#N)c1. The van der Waals surface area contributed by atoms with E-state index in [-0.39, 0.29) is 12.4 Å². The van der Waals surface area contributed by atoms with Gasteiger partial charge in [-0.25, -0.2) is 0 Å². The maximum atomic E-state index is 11.2. The predicted molar refractivity (Wildman–Crippen MR) is 64.2 cm³/mol. The molecule has 0 heterocycles. The van der Waals surface area contributed by atoms with Gasteiger partial charge in [0.05, 0.1) is 28.1 Å². The van der Waals surface area contributed by atoms with Crippen LogP contribution < -0.4 is 0 Å². The van der Waals surface area contributed by atoms with Gasteiger partial charge in [0.1, 0.15) is 6.07 Å². The maximum Gasteiger partial charge on any atom is 0.310 e. The number of hydrogen-bond donors (Lipinski definition) is 0. The van der Waals surface area contributed by atoms with Crippen molar-refractivity contribution in [2.45, 2.75) is 13.3 Å². The molecular weight excluding hydrogens is 293 g/mol. The highest BCUT2D eigenvalue weighted by atomic mass is 79.9. The quantitative estimate of drug-likeness (QED) is 0.806. The van der Waals surface area contributed by atoms with E-state index in [4.69, 9.17) is 21.6 Å². The summed E-state index contributed by atoms with van der Waals surface area (Å²) in [6.07, 6.45) is 0.121. The Labute approximate surface area is 107 Å². The summed E-state index contributed by atoms with van der Waals surface area (Å²) in [5.74, 6) is -0.329. The molecule has 0 amide bonds. The molecule has 0 saturated heterocycles. The molecule has 0 N–H and O–H groups in total. The molecule has 0 spiro atoms. The molecule has 0 unspecified atom stereocenters. The van der Waals surface area contributed by atoms with Crippen LogP contribution in [0.2, 0.25) is 5.02 Å². The molecule has 0 atom stereocenters. The minimum atomic E-state index is -0.329. The molecule has 0 aliphatic carbocycles. The van der Waals surface area contributed by atoms with E-state index >= 15 is 0 Å². The van der Waals surface area contributed by atoms with Gasteiger partial charge < -0.3 is 4.74 Å². The van der Waals surface area contributed by atoms with Crippen molar-refractivity contribution < 1.29 is 9.53 Å². The van der Waals surface area contributed by atoms with Crippen molar-refractivity contribution in [2.24, 2.45) is 0 Å². The third kappa shape index (κ3) is 3.22. The van der Waals surface area contributed by atoms with Crippen LogP contribution in [0.15, 0.2) is 16.6 Å². The zero-order valence-corrected chi connectivity index (χ0v) is 10.9. The van der Waals surface area contributed by atoms with Crippen LogP contribution in [0.1, 0.15) is 18.1 Å². The first-order valence-corrected chi connectivity index (χ1v) is 5.79. The molecule has 0 radical (unpaired) electrons. The van der Waals surface area contributed by atoms with E-state index in [1.54, 1.807) is 19.1 Å². The number of esters is 1. The Balaban J connectivity index is 2.95. The fourth-order valence-electron chi connectivity index (χ4n) is 1.21. The van der Waals surface area contributed by atoms with E-state index in [0.29, 0.717) is 27.2 Å². The first kappa shape index (κ1) is 13.0. The minimum Gasteiger partial charge on any atom is -0.466 e. The number of halogens is 2. The van der Waals surface area contributed by atoms with Gasteiger partial charge in [-0.3, -0.25) is 4.79 Å². The molecule has 0 aliphatic rings. The lowest BCUT2D eigenvalue weighted by atomic mass is 10.1. The summed E-state index contributed by atoms with van der Waals surface area (Å²) >= 11 is 9.11. The fourth-order valence-corrected chi connectivity index (χ4v) is 1.77. The number of hydrogen-bond acceptors (Lipinski definition) is 3. The Morgan fingerprint density at radius 1 is 1.62 bits per heavy atom. The molecule has 0 saturated carbocycles. The van der Waals surface area contributed by atoms with Crippen molar-refractivity contribution in [1.82, 2.24) is 0 Å². The Kier molecular flexibility index (Phi) is 4.78. The van der Waals surface area contributed by atoms with Crippen LogP contribution in [0, 0.1) is 11.3 Å². The number of benzene rings is 1. The molecule has 3 nitrogen and oxygen atoms in total. The van der Waals surface area contributed by atoms with Gasteiger partial charge in [-0.15, -0.1) is 0 Å². The summed E-state index contributed by atoms with van der Waals surface area (Å²) in [5.41, 5.74) is 1.08. The van der Waals surface area contributed by atoms with Crippen LogP contribution in [-0.2, 0) is 16.0 Å². The molecule has 0 aromatic heterocycles. The second-order valence-corrected chi connectivity index (χ2v) is 4.23. The smallest absolute Gasteiger partial charge is 0.310 e. The Bertz CT molecular complexity index is 454. The monoisotopic (exact) mass is 301 g/mol. The number of nitrogens with zero attached hydrogens (tertiary/aromatic N) is 1. The molecule has 16 heavy (non-hydrogen) atoms. The van der Waals surface area contributed by atoms with Crippen LogP contribution in [0.3, 0.4) is 0 Å². The Morgan fingerprint density at radius 2 is 2.31 bits per heavy atom. The van der Waals surface area contributed by atoms with Crippen molar-refractivity contribution >= 4 is 33.5 Å². The average Bonchev–Trinajstić information content (AvgIpc) is 2.23. The summed E-state index contributed by atoms with van der Waals surface area (Å²) in [6, 6.07) is 5.26. The van der Waals surface area contributed by atoms with Crippen molar-refractivity contribution in [3.63, 3.8) is 0 Å². The van der Waals surface area contributed by atoms with Crippen molar-refractivity contribution in [3.8, 4) is 6.07 Å². The molecule has 0 bridgehead atoms. The number of ether oxygens (including phenoxy) is 1. The van der Waals surface area contributed by atoms with Crippen molar-refractivity contribution in [2.75, 3.05) is 6.61 Å². The van der Waals surface area contributed by atoms with Gasteiger partial charge in [0.25, 0.3) is 0 Å². The van der Waals surface area contributed by atoms with Gasteiger partial charge in [0.2, 0.25) is 0 Å². The molecule has 5 heteroatoms. The third-order valence-electron chi connectivity index (χ3n) is 1.86. The summed E-state index contributed by atoms with van der Waals surface area (Å²) in [4.78, 5) is 11.2. The van der Waals surface area contributed by atoms with Crippen LogP contribution in [0.4, 0.5) is 0 Å². The van der Waals surface area contributed by atoms with Crippen LogP contribution in [-0.4, -0.2) is 12.6 Å². The Morgan fingerprint density at radius 3 is 2.88 bits per heavy atom. The molecule has 0 fully saturated rings. The van der Waals surface area contributed by atoms with Crippen LogP contribution in [0.25, 0.3) is 0 Å². The molecule has 1 aromatic carbocycles. The van der Waals surface area contributed by atoms with E-state index in [2.05, 4.69) is 15.9 Å². The highest BCUT2D eigenvalue weighted by molar-refractivity contribution is 9.10. The molecule has 84 valence electrons. The van der Waals surface area contributed by atoms with E-state index in [1.165, 1.54) is 0 Å². The fraction of sp³-hybridized carbons (Fsp3) is 0.273. The number of nitriles is 1. The zero-order valence-electron chi connectivity index (χ0n) is 8.59. The summed E-state index contributed by atoms with van der Waals surface area (Å²) in [7, 11) is 0. The lowest BCUT2D eigenvalue weighted by molar-refractivity contribution is -0.142. The van der Waals surface area contributed by atoms with Gasteiger partial charge in [0.15, 0.2) is 0 Å². The van der Waals surface area contributed by atoms with Gasteiger partial charge in [0, 0.05) is 0 Å².